The summed E-state index contributed by atoms with van der Waals surface area (Å²) in [5.41, 5.74) is 2.32. The largest absolute Gasteiger partial charge is 0.384 e. The van der Waals surface area contributed by atoms with E-state index >= 15 is 0 Å². The van der Waals surface area contributed by atoms with Gasteiger partial charge in [0.2, 0.25) is 5.82 Å². The zero-order chi connectivity index (χ0) is 17.6. The van der Waals surface area contributed by atoms with Crippen molar-refractivity contribution in [2.75, 3.05) is 5.32 Å². The van der Waals surface area contributed by atoms with E-state index in [0.717, 1.165) is 10.0 Å². The van der Waals surface area contributed by atoms with E-state index in [1.54, 1.807) is 0 Å². The number of rotatable bonds is 5. The minimum atomic E-state index is -0.815. The Morgan fingerprint density at radius 1 is 1.28 bits per heavy atom. The molecule has 124 valence electrons. The lowest BCUT2D eigenvalue weighted by Crippen LogP contribution is -2.04. The fourth-order valence-electron chi connectivity index (χ4n) is 2.28. The van der Waals surface area contributed by atoms with Crippen LogP contribution in [0.2, 0.25) is 0 Å². The third-order valence-electron chi connectivity index (χ3n) is 3.50. The number of nitrogens with one attached hydrogen (secondary N) is 2. The number of aromatic nitrogens is 4. The number of halogens is 1. The van der Waals surface area contributed by atoms with Gasteiger partial charge in [-0.3, -0.25) is 0 Å². The second-order valence-electron chi connectivity index (χ2n) is 5.09. The number of anilines is 1. The van der Waals surface area contributed by atoms with Gasteiger partial charge in [0.05, 0.1) is 0 Å². The maximum Gasteiger partial charge on any atom is 0.216 e. The Kier molecular flexibility index (Phi) is 5.18. The van der Waals surface area contributed by atoms with Gasteiger partial charge < -0.3 is 10.4 Å². The number of aliphatic hydroxyl groups is 1. The van der Waals surface area contributed by atoms with Crippen molar-refractivity contribution < 1.29 is 5.11 Å². The van der Waals surface area contributed by atoms with Crippen molar-refractivity contribution in [1.29, 1.82) is 5.26 Å². The van der Waals surface area contributed by atoms with Crippen LogP contribution in [0.15, 0.2) is 59.2 Å². The Hall–Kier alpha value is -3.02. The molecular formula is C17H13BrN6O. The summed E-state index contributed by atoms with van der Waals surface area (Å²) in [4.78, 5) is 0. The number of aliphatic hydroxyl groups excluding tert-OH is 1. The van der Waals surface area contributed by atoms with E-state index < -0.39 is 6.10 Å². The number of tetrazole rings is 1. The molecule has 0 radical (unpaired) electrons. The molecule has 3 N–H and O–H groups in total. The number of nitriles is 1. The van der Waals surface area contributed by atoms with E-state index in [-0.39, 0.29) is 11.4 Å². The fraction of sp³-hybridized carbons (Fsp3) is 0.0588. The van der Waals surface area contributed by atoms with Crippen molar-refractivity contribution in [3.63, 3.8) is 0 Å². The predicted octanol–water partition coefficient (Wildman–Crippen LogP) is 3.02. The van der Waals surface area contributed by atoms with Gasteiger partial charge in [-0.25, -0.2) is 0 Å². The standard InChI is InChI=1S/C17H13BrN6O/c18-13-6-7-15(20-10-12(9-19)17-21-23-24-22-17)14(8-13)16(25)11-4-2-1-3-5-11/h1-8,10,16,20,25H,(H,21,22,23,24). The summed E-state index contributed by atoms with van der Waals surface area (Å²) in [6, 6.07) is 16.8. The van der Waals surface area contributed by atoms with Crippen LogP contribution in [0.5, 0.6) is 0 Å². The van der Waals surface area contributed by atoms with Crippen molar-refractivity contribution in [2.24, 2.45) is 0 Å². The highest BCUT2D eigenvalue weighted by molar-refractivity contribution is 9.10. The molecular weight excluding hydrogens is 384 g/mol. The molecule has 0 bridgehead atoms. The zero-order valence-electron chi connectivity index (χ0n) is 12.9. The molecule has 3 rings (SSSR count). The minimum Gasteiger partial charge on any atom is -0.384 e. The molecule has 1 aromatic heterocycles. The van der Waals surface area contributed by atoms with E-state index in [0.29, 0.717) is 11.3 Å². The predicted molar refractivity (Wildman–Crippen MR) is 96.0 cm³/mol. The van der Waals surface area contributed by atoms with Crippen molar-refractivity contribution >= 4 is 27.2 Å². The van der Waals surface area contributed by atoms with Crippen LogP contribution >= 0.6 is 15.9 Å². The second-order valence-corrected chi connectivity index (χ2v) is 6.01. The summed E-state index contributed by atoms with van der Waals surface area (Å²) in [5.74, 6) is 0.192. The van der Waals surface area contributed by atoms with Gasteiger partial charge in [-0.1, -0.05) is 46.3 Å². The van der Waals surface area contributed by atoms with Crippen LogP contribution in [0.25, 0.3) is 5.57 Å². The first kappa shape index (κ1) is 16.8. The maximum atomic E-state index is 10.7. The Balaban J connectivity index is 1.93. The molecule has 0 saturated carbocycles. The van der Waals surface area contributed by atoms with Gasteiger partial charge in [0.1, 0.15) is 17.7 Å². The van der Waals surface area contributed by atoms with Crippen LogP contribution in [0, 0.1) is 11.3 Å². The Morgan fingerprint density at radius 3 is 2.76 bits per heavy atom. The molecule has 3 aromatic rings. The molecule has 0 fully saturated rings. The quantitative estimate of drug-likeness (QED) is 0.571. The van der Waals surface area contributed by atoms with Gasteiger partial charge in [-0.2, -0.15) is 10.5 Å². The third kappa shape index (κ3) is 3.91. The molecule has 0 aliphatic carbocycles. The number of nitrogens with zero attached hydrogens (tertiary/aromatic N) is 4. The molecule has 2 aromatic carbocycles. The normalized spacial score (nSPS) is 12.4. The van der Waals surface area contributed by atoms with E-state index in [9.17, 15) is 10.4 Å². The maximum absolute atomic E-state index is 10.7. The van der Waals surface area contributed by atoms with Crippen LogP contribution < -0.4 is 5.32 Å². The lowest BCUT2D eigenvalue weighted by Gasteiger charge is -2.16. The highest BCUT2D eigenvalue weighted by Gasteiger charge is 2.15. The summed E-state index contributed by atoms with van der Waals surface area (Å²) < 4.78 is 0.839. The summed E-state index contributed by atoms with van der Waals surface area (Å²) in [5, 5.41) is 36.3. The monoisotopic (exact) mass is 396 g/mol. The van der Waals surface area contributed by atoms with E-state index in [2.05, 4.69) is 41.9 Å². The van der Waals surface area contributed by atoms with Crippen molar-refractivity contribution in [1.82, 2.24) is 20.6 Å². The first-order valence-electron chi connectivity index (χ1n) is 7.32. The SMILES string of the molecule is N#CC(=CNc1ccc(Br)cc1C(O)c1ccccc1)c1nn[nH]n1. The first-order valence-corrected chi connectivity index (χ1v) is 8.11. The first-order chi connectivity index (χ1) is 12.2. The minimum absolute atomic E-state index is 0.192. The van der Waals surface area contributed by atoms with Crippen molar-refractivity contribution in [3.05, 3.63) is 76.2 Å². The summed E-state index contributed by atoms with van der Waals surface area (Å²) in [6.07, 6.45) is 0.667. The Morgan fingerprint density at radius 2 is 2.08 bits per heavy atom. The van der Waals surface area contributed by atoms with Gasteiger partial charge >= 0.3 is 0 Å². The van der Waals surface area contributed by atoms with Crippen LogP contribution in [0.1, 0.15) is 23.1 Å². The molecule has 1 atom stereocenters. The topological polar surface area (TPSA) is 111 Å². The highest BCUT2D eigenvalue weighted by Crippen LogP contribution is 2.31. The van der Waals surface area contributed by atoms with E-state index in [4.69, 9.17) is 0 Å². The molecule has 1 unspecified atom stereocenters. The van der Waals surface area contributed by atoms with Crippen LogP contribution in [0.3, 0.4) is 0 Å². The van der Waals surface area contributed by atoms with Crippen molar-refractivity contribution in [2.45, 2.75) is 6.10 Å². The molecule has 1 heterocycles. The number of allylic oxidation sites excluding steroid dienone is 1. The molecule has 0 aliphatic rings. The summed E-state index contributed by atoms with van der Waals surface area (Å²) in [6.45, 7) is 0. The molecule has 0 amide bonds. The van der Waals surface area contributed by atoms with Crippen LogP contribution in [0.4, 0.5) is 5.69 Å². The number of hydrogen-bond donors (Lipinski definition) is 3. The lowest BCUT2D eigenvalue weighted by atomic mass is 10.00. The van der Waals surface area contributed by atoms with E-state index in [1.165, 1.54) is 6.20 Å². The number of H-pyrrole nitrogens is 1. The summed E-state index contributed by atoms with van der Waals surface area (Å²) >= 11 is 3.42. The average molecular weight is 397 g/mol. The molecule has 0 spiro atoms. The second kappa shape index (κ2) is 7.70. The Labute approximate surface area is 152 Å². The molecule has 7 nitrogen and oxygen atoms in total. The third-order valence-corrected chi connectivity index (χ3v) is 4.00. The average Bonchev–Trinajstić information content (AvgIpc) is 3.18. The van der Waals surface area contributed by atoms with Gasteiger partial charge in [-0.15, -0.1) is 10.2 Å². The molecule has 25 heavy (non-hydrogen) atoms. The number of aromatic amines is 1. The van der Waals surface area contributed by atoms with Gasteiger partial charge in [0.25, 0.3) is 0 Å². The Bertz CT molecular complexity index is 918. The van der Waals surface area contributed by atoms with Gasteiger partial charge in [0, 0.05) is 21.9 Å². The summed E-state index contributed by atoms with van der Waals surface area (Å²) in [7, 11) is 0. The van der Waals surface area contributed by atoms with Gasteiger partial charge in [0.15, 0.2) is 0 Å². The number of hydrogen-bond acceptors (Lipinski definition) is 6. The van der Waals surface area contributed by atoms with E-state index in [1.807, 2.05) is 54.6 Å². The molecule has 0 aliphatic heterocycles. The molecule has 8 heteroatoms. The zero-order valence-corrected chi connectivity index (χ0v) is 14.5. The molecule has 0 saturated heterocycles. The lowest BCUT2D eigenvalue weighted by molar-refractivity contribution is 0.221. The van der Waals surface area contributed by atoms with Gasteiger partial charge in [-0.05, 0) is 29.0 Å². The van der Waals surface area contributed by atoms with Crippen molar-refractivity contribution in [3.8, 4) is 6.07 Å². The number of benzene rings is 2. The highest BCUT2D eigenvalue weighted by atomic mass is 79.9. The smallest absolute Gasteiger partial charge is 0.216 e. The van der Waals surface area contributed by atoms with Crippen LogP contribution in [-0.2, 0) is 0 Å². The fourth-order valence-corrected chi connectivity index (χ4v) is 2.66. The van der Waals surface area contributed by atoms with Crippen LogP contribution in [-0.4, -0.2) is 25.7 Å².